The fraction of sp³-hybridized carbons (Fsp3) is 0.684. The predicted octanol–water partition coefficient (Wildman–Crippen LogP) is 4.28. The van der Waals surface area contributed by atoms with E-state index in [2.05, 4.69) is 4.98 Å². The van der Waals surface area contributed by atoms with Crippen LogP contribution in [0.1, 0.15) is 71.6 Å². The van der Waals surface area contributed by atoms with E-state index in [1.807, 2.05) is 13.8 Å². The topological polar surface area (TPSA) is 53.2 Å². The number of Topliss-reactive ketones (excluding diaryl/α,β-unsaturated/α-hetero) is 1. The predicted molar refractivity (Wildman–Crippen MR) is 91.3 cm³/mol. The fourth-order valence-electron chi connectivity index (χ4n) is 4.03. The van der Waals surface area contributed by atoms with E-state index in [0.717, 1.165) is 24.2 Å². The van der Waals surface area contributed by atoms with Crippen molar-refractivity contribution in [3.63, 3.8) is 0 Å². The lowest BCUT2D eigenvalue weighted by Gasteiger charge is -2.32. The average Bonchev–Trinajstić information content (AvgIpc) is 2.74. The smallest absolute Gasteiger partial charge is 0.354 e. The van der Waals surface area contributed by atoms with Gasteiger partial charge in [0, 0.05) is 24.2 Å². The Morgan fingerprint density at radius 2 is 1.92 bits per heavy atom. The number of hydrogen-bond donors (Lipinski definition) is 1. The highest BCUT2D eigenvalue weighted by atomic mass is 19.4. The number of fused-ring (bicyclic) bond motifs is 1. The lowest BCUT2D eigenvalue weighted by Crippen LogP contribution is -2.43. The van der Waals surface area contributed by atoms with Crippen LogP contribution in [0, 0.1) is 18.3 Å². The molecule has 0 atom stereocenters. The van der Waals surface area contributed by atoms with Gasteiger partial charge in [-0.25, -0.2) is 0 Å². The number of nitrogens with one attached hydrogen (secondary N) is 1. The van der Waals surface area contributed by atoms with Crippen molar-refractivity contribution in [1.29, 1.82) is 0 Å². The quantitative estimate of drug-likeness (QED) is 0.860. The van der Waals surface area contributed by atoms with E-state index < -0.39 is 18.6 Å². The number of rotatable bonds is 4. The van der Waals surface area contributed by atoms with Gasteiger partial charge in [0.25, 0.3) is 5.91 Å². The Balaban J connectivity index is 1.90. The monoisotopic (exact) mass is 370 g/mol. The molecule has 0 radical (unpaired) electrons. The minimum atomic E-state index is -4.45. The maximum absolute atomic E-state index is 13.0. The van der Waals surface area contributed by atoms with Crippen molar-refractivity contribution in [3.05, 3.63) is 22.5 Å². The molecule has 0 aliphatic heterocycles. The molecule has 1 amide bonds. The summed E-state index contributed by atoms with van der Waals surface area (Å²) in [6.45, 7) is 4.44. The first-order valence-electron chi connectivity index (χ1n) is 9.07. The molecule has 1 heterocycles. The third-order valence-electron chi connectivity index (χ3n) is 5.48. The van der Waals surface area contributed by atoms with Crippen molar-refractivity contribution in [3.8, 4) is 0 Å². The molecule has 1 aromatic heterocycles. The molecule has 7 heteroatoms. The summed E-state index contributed by atoms with van der Waals surface area (Å²) in [5.74, 6) is -0.580. The summed E-state index contributed by atoms with van der Waals surface area (Å²) in [4.78, 5) is 29.2. The molecular formula is C19H25F3N2O2. The number of alkyl halides is 3. The second-order valence-corrected chi connectivity index (χ2v) is 8.52. The summed E-state index contributed by atoms with van der Waals surface area (Å²) in [7, 11) is 0. The number of carbonyl (C=O) groups excluding carboxylic acids is 2. The normalized spacial score (nSPS) is 19.8. The van der Waals surface area contributed by atoms with Crippen LogP contribution in [0.2, 0.25) is 0 Å². The minimum Gasteiger partial charge on any atom is -0.354 e. The Labute approximate surface area is 151 Å². The van der Waals surface area contributed by atoms with E-state index in [1.165, 1.54) is 0 Å². The van der Waals surface area contributed by atoms with Gasteiger partial charge >= 0.3 is 6.18 Å². The minimum absolute atomic E-state index is 0.0505. The van der Waals surface area contributed by atoms with Gasteiger partial charge in [0.1, 0.15) is 12.2 Å². The lowest BCUT2D eigenvalue weighted by atomic mass is 9.75. The van der Waals surface area contributed by atoms with Gasteiger partial charge in [-0.1, -0.05) is 20.3 Å². The van der Waals surface area contributed by atoms with E-state index in [0.29, 0.717) is 29.7 Å². The molecule has 4 nitrogen and oxygen atoms in total. The van der Waals surface area contributed by atoms with Gasteiger partial charge in [-0.05, 0) is 43.1 Å². The standard InChI is InChI=1S/C19H25F3N2O2/c1-11-15-13(7-18(2,3)8-14(15)25)23-16(11)17(26)24(10-19(20,21)22)9-12-5-4-6-12/h12,23H,4-10H2,1-3H3. The number of amides is 1. The third-order valence-corrected chi connectivity index (χ3v) is 5.48. The summed E-state index contributed by atoms with van der Waals surface area (Å²) in [6, 6.07) is 0. The van der Waals surface area contributed by atoms with Crippen molar-refractivity contribution in [2.24, 2.45) is 11.3 Å². The summed E-state index contributed by atoms with van der Waals surface area (Å²) in [5, 5.41) is 0. The zero-order valence-corrected chi connectivity index (χ0v) is 15.4. The largest absolute Gasteiger partial charge is 0.406 e. The summed E-state index contributed by atoms with van der Waals surface area (Å²) in [5.41, 5.74) is 1.54. The molecule has 1 saturated carbocycles. The van der Waals surface area contributed by atoms with E-state index in [1.54, 1.807) is 6.92 Å². The van der Waals surface area contributed by atoms with Gasteiger partial charge in [-0.3, -0.25) is 9.59 Å². The number of ketones is 1. The number of carbonyl (C=O) groups is 2. The van der Waals surface area contributed by atoms with E-state index >= 15 is 0 Å². The molecule has 1 fully saturated rings. The first-order chi connectivity index (χ1) is 12.0. The van der Waals surface area contributed by atoms with Crippen LogP contribution in [0.3, 0.4) is 0 Å². The van der Waals surface area contributed by atoms with E-state index in [-0.39, 0.29) is 29.4 Å². The number of aromatic nitrogens is 1. The van der Waals surface area contributed by atoms with Gasteiger partial charge in [0.05, 0.1) is 0 Å². The Bertz CT molecular complexity index is 730. The van der Waals surface area contributed by atoms with Crippen LogP contribution < -0.4 is 0 Å². The maximum atomic E-state index is 13.0. The Hall–Kier alpha value is -1.79. The molecule has 144 valence electrons. The van der Waals surface area contributed by atoms with Crippen molar-refractivity contribution < 1.29 is 22.8 Å². The average molecular weight is 370 g/mol. The number of H-pyrrole nitrogens is 1. The molecule has 26 heavy (non-hydrogen) atoms. The Morgan fingerprint density at radius 3 is 2.46 bits per heavy atom. The molecule has 0 spiro atoms. The van der Waals surface area contributed by atoms with Gasteiger partial charge in [0.2, 0.25) is 0 Å². The Kier molecular flexibility index (Phi) is 4.69. The van der Waals surface area contributed by atoms with Crippen LogP contribution in [-0.4, -0.2) is 40.8 Å². The van der Waals surface area contributed by atoms with Crippen molar-refractivity contribution in [1.82, 2.24) is 9.88 Å². The SMILES string of the molecule is Cc1c(C(=O)N(CC2CCC2)CC(F)(F)F)[nH]c2c1C(=O)CC(C)(C)C2. The molecule has 2 aliphatic rings. The van der Waals surface area contributed by atoms with Gasteiger partial charge in [-0.2, -0.15) is 13.2 Å². The van der Waals surface area contributed by atoms with Gasteiger partial charge < -0.3 is 9.88 Å². The van der Waals surface area contributed by atoms with Gasteiger partial charge in [0.15, 0.2) is 5.78 Å². The van der Waals surface area contributed by atoms with Crippen LogP contribution in [0.25, 0.3) is 0 Å². The lowest BCUT2D eigenvalue weighted by molar-refractivity contribution is -0.142. The van der Waals surface area contributed by atoms with Crippen LogP contribution in [0.5, 0.6) is 0 Å². The zero-order valence-electron chi connectivity index (χ0n) is 15.4. The first-order valence-corrected chi connectivity index (χ1v) is 9.07. The molecular weight excluding hydrogens is 345 g/mol. The zero-order chi connectivity index (χ0) is 19.3. The van der Waals surface area contributed by atoms with E-state index in [4.69, 9.17) is 0 Å². The van der Waals surface area contributed by atoms with Crippen LogP contribution in [0.15, 0.2) is 0 Å². The molecule has 1 aromatic rings. The highest BCUT2D eigenvalue weighted by Crippen LogP contribution is 2.37. The number of hydrogen-bond acceptors (Lipinski definition) is 2. The Morgan fingerprint density at radius 1 is 1.27 bits per heavy atom. The second-order valence-electron chi connectivity index (χ2n) is 8.52. The molecule has 0 saturated heterocycles. The fourth-order valence-corrected chi connectivity index (χ4v) is 4.03. The number of aromatic amines is 1. The van der Waals surface area contributed by atoms with E-state index in [9.17, 15) is 22.8 Å². The molecule has 0 unspecified atom stereocenters. The first kappa shape index (κ1) is 19.0. The van der Waals surface area contributed by atoms with Gasteiger partial charge in [-0.15, -0.1) is 0 Å². The van der Waals surface area contributed by atoms with Crippen LogP contribution >= 0.6 is 0 Å². The summed E-state index contributed by atoms with van der Waals surface area (Å²) >= 11 is 0. The van der Waals surface area contributed by atoms with Crippen LogP contribution in [0.4, 0.5) is 13.2 Å². The summed E-state index contributed by atoms with van der Waals surface area (Å²) in [6.07, 6.45) is -0.761. The molecule has 2 aliphatic carbocycles. The highest BCUT2D eigenvalue weighted by Gasteiger charge is 2.39. The van der Waals surface area contributed by atoms with Crippen molar-refractivity contribution >= 4 is 11.7 Å². The molecule has 3 rings (SSSR count). The second kappa shape index (κ2) is 6.43. The van der Waals surface area contributed by atoms with Crippen molar-refractivity contribution in [2.45, 2.75) is 59.1 Å². The molecule has 0 bridgehead atoms. The summed E-state index contributed by atoms with van der Waals surface area (Å²) < 4.78 is 39.0. The number of halogens is 3. The molecule has 0 aromatic carbocycles. The van der Waals surface area contributed by atoms with Crippen molar-refractivity contribution in [2.75, 3.05) is 13.1 Å². The third kappa shape index (κ3) is 3.81. The van der Waals surface area contributed by atoms with Crippen LogP contribution in [-0.2, 0) is 6.42 Å². The highest BCUT2D eigenvalue weighted by molar-refractivity contribution is 6.04. The maximum Gasteiger partial charge on any atom is 0.406 e. The molecule has 1 N–H and O–H groups in total. The number of nitrogens with zero attached hydrogens (tertiary/aromatic N) is 1.